The van der Waals surface area contributed by atoms with Crippen molar-refractivity contribution in [2.75, 3.05) is 13.6 Å². The number of hydrogen-bond acceptors (Lipinski definition) is 7. The van der Waals surface area contributed by atoms with Gasteiger partial charge in [-0.3, -0.25) is 0 Å². The minimum Gasteiger partial charge on any atom is -0.474 e. The fourth-order valence-corrected chi connectivity index (χ4v) is 5.58. The molecular formula is C16H23N5O3S2. The van der Waals surface area contributed by atoms with Gasteiger partial charge in [0.25, 0.3) is 10.2 Å². The first-order valence-corrected chi connectivity index (χ1v) is 11.1. The zero-order chi connectivity index (χ0) is 18.3. The largest absolute Gasteiger partial charge is 0.474 e. The van der Waals surface area contributed by atoms with Crippen LogP contribution in [-0.2, 0) is 23.2 Å². The molecule has 4 rings (SSSR count). The molecule has 26 heavy (non-hydrogen) atoms. The monoisotopic (exact) mass is 397 g/mol. The fraction of sp³-hybridized carbons (Fsp3) is 0.625. The van der Waals surface area contributed by atoms with Crippen molar-refractivity contribution in [2.24, 2.45) is 5.14 Å². The summed E-state index contributed by atoms with van der Waals surface area (Å²) in [5, 5.41) is 9.49. The molecule has 1 fully saturated rings. The van der Waals surface area contributed by atoms with Crippen molar-refractivity contribution in [3.8, 4) is 5.88 Å². The van der Waals surface area contributed by atoms with Crippen molar-refractivity contribution >= 4 is 31.8 Å². The lowest BCUT2D eigenvalue weighted by molar-refractivity contribution is 0.137. The second-order valence-electron chi connectivity index (χ2n) is 6.87. The number of fused-ring (bicyclic) bond motifs is 3. The normalized spacial score (nSPS) is 24.5. The van der Waals surface area contributed by atoms with Crippen LogP contribution < -0.4 is 15.2 Å². The maximum Gasteiger partial charge on any atom is 0.277 e. The van der Waals surface area contributed by atoms with E-state index in [0.29, 0.717) is 24.9 Å². The van der Waals surface area contributed by atoms with Crippen LogP contribution in [0.1, 0.15) is 36.1 Å². The van der Waals surface area contributed by atoms with Crippen molar-refractivity contribution in [2.45, 2.75) is 50.8 Å². The van der Waals surface area contributed by atoms with Gasteiger partial charge in [0.1, 0.15) is 17.3 Å². The van der Waals surface area contributed by atoms with Crippen molar-refractivity contribution in [3.63, 3.8) is 0 Å². The van der Waals surface area contributed by atoms with Crippen LogP contribution in [0.4, 0.5) is 0 Å². The Balaban J connectivity index is 1.64. The molecule has 10 heteroatoms. The fourth-order valence-electron chi connectivity index (χ4n) is 3.79. The third-order valence-corrected chi connectivity index (χ3v) is 7.51. The van der Waals surface area contributed by atoms with Gasteiger partial charge in [-0.15, -0.1) is 11.3 Å². The van der Waals surface area contributed by atoms with E-state index in [4.69, 9.17) is 9.88 Å². The van der Waals surface area contributed by atoms with Gasteiger partial charge in [0, 0.05) is 24.0 Å². The molecule has 0 aromatic carbocycles. The summed E-state index contributed by atoms with van der Waals surface area (Å²) < 4.78 is 31.0. The Morgan fingerprint density at radius 2 is 2.08 bits per heavy atom. The molecule has 3 N–H and O–H groups in total. The summed E-state index contributed by atoms with van der Waals surface area (Å²) >= 11 is 1.59. The van der Waals surface area contributed by atoms with E-state index in [9.17, 15) is 8.42 Å². The highest BCUT2D eigenvalue weighted by molar-refractivity contribution is 7.86. The molecule has 0 radical (unpaired) electrons. The topological polar surface area (TPSA) is 110 Å². The number of aromatic nitrogens is 2. The van der Waals surface area contributed by atoms with Gasteiger partial charge >= 0.3 is 0 Å². The Morgan fingerprint density at radius 1 is 1.31 bits per heavy atom. The van der Waals surface area contributed by atoms with E-state index in [1.807, 2.05) is 7.05 Å². The molecule has 8 nitrogen and oxygen atoms in total. The van der Waals surface area contributed by atoms with Gasteiger partial charge in [-0.1, -0.05) is 0 Å². The zero-order valence-electron chi connectivity index (χ0n) is 14.6. The molecule has 1 aliphatic carbocycles. The maximum absolute atomic E-state index is 11.8. The summed E-state index contributed by atoms with van der Waals surface area (Å²) in [5.41, 5.74) is 0.935. The van der Waals surface area contributed by atoms with E-state index in [0.717, 1.165) is 46.3 Å². The van der Waals surface area contributed by atoms with Crippen LogP contribution in [0.3, 0.4) is 0 Å². The molecule has 0 bridgehead atoms. The van der Waals surface area contributed by atoms with Crippen molar-refractivity contribution in [3.05, 3.63) is 16.8 Å². The van der Waals surface area contributed by atoms with Gasteiger partial charge in [-0.2, -0.15) is 12.7 Å². The summed E-state index contributed by atoms with van der Waals surface area (Å²) in [6, 6.07) is 0.553. The summed E-state index contributed by atoms with van der Waals surface area (Å²) in [5.74, 6) is 0.566. The summed E-state index contributed by atoms with van der Waals surface area (Å²) in [6.45, 7) is 0.653. The maximum atomic E-state index is 11.8. The first kappa shape index (κ1) is 18.1. The number of rotatable bonds is 4. The molecule has 2 aromatic heterocycles. The molecule has 0 unspecified atom stereocenters. The summed E-state index contributed by atoms with van der Waals surface area (Å²) in [7, 11) is -1.72. The molecule has 2 aliphatic rings. The molecule has 0 amide bonds. The first-order chi connectivity index (χ1) is 12.5. The lowest BCUT2D eigenvalue weighted by atomic mass is 9.93. The number of nitrogens with two attached hydrogens (primary N) is 1. The van der Waals surface area contributed by atoms with Crippen molar-refractivity contribution in [1.82, 2.24) is 19.6 Å². The van der Waals surface area contributed by atoms with E-state index in [-0.39, 0.29) is 12.6 Å². The van der Waals surface area contributed by atoms with Crippen LogP contribution in [-0.4, -0.2) is 48.4 Å². The van der Waals surface area contributed by atoms with E-state index in [1.54, 1.807) is 11.3 Å². The van der Waals surface area contributed by atoms with Gasteiger partial charge < -0.3 is 10.1 Å². The zero-order valence-corrected chi connectivity index (χ0v) is 16.3. The predicted molar refractivity (Wildman–Crippen MR) is 100 cm³/mol. The standard InChI is InChI=1S/C16H23N5O3S2/c1-18-10-2-4-11(5-3-10)24-15-14-12-8-21(26(17,22)23)7-6-13(12)25-16(14)20-9-19-15/h9-11,18H,2-8H2,1H3,(H2,17,22,23)/t10-,11-. The minimum absolute atomic E-state index is 0.131. The van der Waals surface area contributed by atoms with E-state index < -0.39 is 10.2 Å². The minimum atomic E-state index is -3.71. The van der Waals surface area contributed by atoms with Gasteiger partial charge in [0.15, 0.2) is 0 Å². The van der Waals surface area contributed by atoms with Gasteiger partial charge in [-0.05, 0) is 44.7 Å². The predicted octanol–water partition coefficient (Wildman–Crippen LogP) is 1.16. The Hall–Kier alpha value is -1.33. The molecule has 0 spiro atoms. The molecular weight excluding hydrogens is 374 g/mol. The van der Waals surface area contributed by atoms with Crippen LogP contribution in [0, 0.1) is 0 Å². The average Bonchev–Trinajstić information content (AvgIpc) is 3.00. The smallest absolute Gasteiger partial charge is 0.277 e. The quantitative estimate of drug-likeness (QED) is 0.801. The van der Waals surface area contributed by atoms with Crippen LogP contribution in [0.25, 0.3) is 10.2 Å². The highest BCUT2D eigenvalue weighted by Gasteiger charge is 2.30. The van der Waals surface area contributed by atoms with Crippen LogP contribution in [0.2, 0.25) is 0 Å². The van der Waals surface area contributed by atoms with Gasteiger partial charge in [0.2, 0.25) is 5.88 Å². The van der Waals surface area contributed by atoms with E-state index in [1.165, 1.54) is 10.6 Å². The van der Waals surface area contributed by atoms with E-state index in [2.05, 4.69) is 15.3 Å². The first-order valence-electron chi connectivity index (χ1n) is 8.82. The Morgan fingerprint density at radius 3 is 2.77 bits per heavy atom. The second-order valence-corrected chi connectivity index (χ2v) is 9.50. The van der Waals surface area contributed by atoms with Crippen molar-refractivity contribution in [1.29, 1.82) is 0 Å². The van der Waals surface area contributed by atoms with Gasteiger partial charge in [-0.25, -0.2) is 15.1 Å². The molecule has 1 saturated carbocycles. The lowest BCUT2D eigenvalue weighted by Gasteiger charge is -2.28. The lowest BCUT2D eigenvalue weighted by Crippen LogP contribution is -2.39. The SMILES string of the molecule is CN[C@H]1CC[C@H](Oc2ncnc3sc4c(c23)CN(S(N)(=O)=O)CC4)CC1. The Kier molecular flexibility index (Phi) is 4.86. The second kappa shape index (κ2) is 7.01. The molecule has 0 saturated heterocycles. The summed E-state index contributed by atoms with van der Waals surface area (Å²) in [4.78, 5) is 10.7. The average molecular weight is 398 g/mol. The highest BCUT2D eigenvalue weighted by atomic mass is 32.2. The summed E-state index contributed by atoms with van der Waals surface area (Å²) in [6.07, 6.45) is 6.41. The third kappa shape index (κ3) is 3.44. The van der Waals surface area contributed by atoms with Crippen LogP contribution in [0.5, 0.6) is 5.88 Å². The molecule has 2 aromatic rings. The molecule has 0 atom stereocenters. The molecule has 1 aliphatic heterocycles. The van der Waals surface area contributed by atoms with Gasteiger partial charge in [0.05, 0.1) is 5.39 Å². The number of nitrogens with one attached hydrogen (secondary N) is 1. The third-order valence-electron chi connectivity index (χ3n) is 5.28. The van der Waals surface area contributed by atoms with E-state index >= 15 is 0 Å². The number of ether oxygens (including phenoxy) is 1. The molecule has 3 heterocycles. The Bertz CT molecular complexity index is 906. The number of nitrogens with zero attached hydrogens (tertiary/aromatic N) is 3. The van der Waals surface area contributed by atoms with Crippen LogP contribution >= 0.6 is 11.3 Å². The number of thiophene rings is 1. The van der Waals surface area contributed by atoms with Crippen LogP contribution in [0.15, 0.2) is 6.33 Å². The number of hydrogen-bond donors (Lipinski definition) is 2. The van der Waals surface area contributed by atoms with Crippen molar-refractivity contribution < 1.29 is 13.2 Å². The highest BCUT2D eigenvalue weighted by Crippen LogP contribution is 2.39. The Labute approximate surface area is 156 Å². The molecule has 142 valence electrons.